The molecule has 0 saturated heterocycles. The summed E-state index contributed by atoms with van der Waals surface area (Å²) in [6.45, 7) is 3.84. The number of hydrogen-bond donors (Lipinski definition) is 1. The van der Waals surface area contributed by atoms with E-state index in [0.29, 0.717) is 0 Å². The Labute approximate surface area is 83.4 Å². The summed E-state index contributed by atoms with van der Waals surface area (Å²) >= 11 is 1.73. The molecule has 0 aliphatic rings. The van der Waals surface area contributed by atoms with Crippen LogP contribution in [0.2, 0.25) is 0 Å². The molecule has 0 aromatic carbocycles. The zero-order valence-electron chi connectivity index (χ0n) is 7.97. The van der Waals surface area contributed by atoms with Gasteiger partial charge in [-0.1, -0.05) is 13.0 Å². The molecule has 0 radical (unpaired) electrons. The third-order valence-corrected chi connectivity index (χ3v) is 3.28. The van der Waals surface area contributed by atoms with Crippen molar-refractivity contribution in [3.8, 4) is 0 Å². The maximum Gasteiger partial charge on any atom is 0.0628 e. The highest BCUT2D eigenvalue weighted by molar-refractivity contribution is 7.99. The van der Waals surface area contributed by atoms with Crippen LogP contribution < -0.4 is 0 Å². The Kier molecular flexibility index (Phi) is 4.25. The van der Waals surface area contributed by atoms with Crippen molar-refractivity contribution in [3.05, 3.63) is 30.1 Å². The summed E-state index contributed by atoms with van der Waals surface area (Å²) in [5, 5.41) is 9.52. The SMILES string of the molecule is CC(O)C(C)SCc1ccccn1. The fourth-order valence-electron chi connectivity index (χ4n) is 0.840. The van der Waals surface area contributed by atoms with E-state index in [1.165, 1.54) is 0 Å². The molecule has 0 fully saturated rings. The number of hydrogen-bond acceptors (Lipinski definition) is 3. The van der Waals surface area contributed by atoms with E-state index in [1.54, 1.807) is 18.0 Å². The molecule has 1 N–H and O–H groups in total. The Balaban J connectivity index is 2.35. The average molecular weight is 197 g/mol. The quantitative estimate of drug-likeness (QED) is 0.802. The lowest BCUT2D eigenvalue weighted by molar-refractivity contribution is 0.196. The molecule has 0 aliphatic carbocycles. The molecule has 3 heteroatoms. The highest BCUT2D eigenvalue weighted by Crippen LogP contribution is 2.18. The summed E-state index contributed by atoms with van der Waals surface area (Å²) in [6.07, 6.45) is 1.54. The predicted molar refractivity (Wildman–Crippen MR) is 56.7 cm³/mol. The lowest BCUT2D eigenvalue weighted by Crippen LogP contribution is -2.15. The molecule has 1 aromatic heterocycles. The van der Waals surface area contributed by atoms with E-state index in [0.717, 1.165) is 11.4 Å². The van der Waals surface area contributed by atoms with E-state index in [2.05, 4.69) is 4.98 Å². The summed E-state index contributed by atoms with van der Waals surface area (Å²) in [7, 11) is 0. The molecule has 2 unspecified atom stereocenters. The Hall–Kier alpha value is -0.540. The number of pyridine rings is 1. The predicted octanol–water partition coefficient (Wildman–Crippen LogP) is 2.08. The van der Waals surface area contributed by atoms with Gasteiger partial charge < -0.3 is 5.11 Å². The van der Waals surface area contributed by atoms with Crippen LogP contribution in [-0.4, -0.2) is 21.4 Å². The van der Waals surface area contributed by atoms with Crippen molar-refractivity contribution in [2.24, 2.45) is 0 Å². The lowest BCUT2D eigenvalue weighted by atomic mass is 10.3. The molecule has 13 heavy (non-hydrogen) atoms. The van der Waals surface area contributed by atoms with Gasteiger partial charge in [0.2, 0.25) is 0 Å². The van der Waals surface area contributed by atoms with Gasteiger partial charge >= 0.3 is 0 Å². The van der Waals surface area contributed by atoms with Crippen molar-refractivity contribution in [2.45, 2.75) is 31.0 Å². The molecule has 72 valence electrons. The molecular weight excluding hydrogens is 182 g/mol. The molecule has 0 aliphatic heterocycles. The van der Waals surface area contributed by atoms with Gasteiger partial charge in [-0.3, -0.25) is 4.98 Å². The minimum Gasteiger partial charge on any atom is -0.392 e. The largest absolute Gasteiger partial charge is 0.392 e. The van der Waals surface area contributed by atoms with Crippen molar-refractivity contribution in [1.82, 2.24) is 4.98 Å². The standard InChI is InChI=1S/C10H15NOS/c1-8(12)9(2)13-7-10-5-3-4-6-11-10/h3-6,8-9,12H,7H2,1-2H3. The van der Waals surface area contributed by atoms with Crippen molar-refractivity contribution in [2.75, 3.05) is 0 Å². The maximum atomic E-state index is 9.26. The summed E-state index contributed by atoms with van der Waals surface area (Å²) in [6, 6.07) is 5.89. The molecule has 2 nitrogen and oxygen atoms in total. The van der Waals surface area contributed by atoms with Crippen molar-refractivity contribution < 1.29 is 5.11 Å². The molecule has 0 amide bonds. The molecule has 2 atom stereocenters. The minimum atomic E-state index is -0.256. The fourth-order valence-corrected chi connectivity index (χ4v) is 1.72. The second-order valence-electron chi connectivity index (χ2n) is 3.08. The first-order chi connectivity index (χ1) is 6.20. The van der Waals surface area contributed by atoms with Crippen LogP contribution in [0.3, 0.4) is 0 Å². The third-order valence-electron chi connectivity index (χ3n) is 1.90. The van der Waals surface area contributed by atoms with E-state index >= 15 is 0 Å². The highest BCUT2D eigenvalue weighted by atomic mass is 32.2. The van der Waals surface area contributed by atoms with E-state index < -0.39 is 0 Å². The van der Waals surface area contributed by atoms with Crippen LogP contribution in [0, 0.1) is 0 Å². The number of nitrogens with zero attached hydrogens (tertiary/aromatic N) is 1. The first kappa shape index (κ1) is 10.5. The number of aromatic nitrogens is 1. The molecule has 0 spiro atoms. The van der Waals surface area contributed by atoms with Crippen LogP contribution in [0.25, 0.3) is 0 Å². The van der Waals surface area contributed by atoms with Gasteiger partial charge in [0.05, 0.1) is 11.8 Å². The summed E-state index contributed by atoms with van der Waals surface area (Å²) < 4.78 is 0. The van der Waals surface area contributed by atoms with E-state index in [4.69, 9.17) is 0 Å². The van der Waals surface area contributed by atoms with Gasteiger partial charge in [-0.05, 0) is 19.1 Å². The van der Waals surface area contributed by atoms with Crippen LogP contribution in [0.4, 0.5) is 0 Å². The molecular formula is C10H15NOS. The number of rotatable bonds is 4. The van der Waals surface area contributed by atoms with Crippen molar-refractivity contribution in [3.63, 3.8) is 0 Å². The maximum absolute atomic E-state index is 9.26. The fraction of sp³-hybridized carbons (Fsp3) is 0.500. The van der Waals surface area contributed by atoms with Crippen LogP contribution in [-0.2, 0) is 5.75 Å². The van der Waals surface area contributed by atoms with Crippen LogP contribution >= 0.6 is 11.8 Å². The normalized spacial score (nSPS) is 15.3. The van der Waals surface area contributed by atoms with Crippen molar-refractivity contribution >= 4 is 11.8 Å². The van der Waals surface area contributed by atoms with Gasteiger partial charge in [0.15, 0.2) is 0 Å². The van der Waals surface area contributed by atoms with Crippen LogP contribution in [0.1, 0.15) is 19.5 Å². The Bertz CT molecular complexity index is 238. The first-order valence-corrected chi connectivity index (χ1v) is 5.44. The van der Waals surface area contributed by atoms with Crippen LogP contribution in [0.5, 0.6) is 0 Å². The van der Waals surface area contributed by atoms with Gasteiger partial charge in [0, 0.05) is 17.2 Å². The van der Waals surface area contributed by atoms with Gasteiger partial charge in [0.1, 0.15) is 0 Å². The van der Waals surface area contributed by atoms with Crippen molar-refractivity contribution in [1.29, 1.82) is 0 Å². The Morgan fingerprint density at radius 1 is 1.46 bits per heavy atom. The number of thioether (sulfide) groups is 1. The van der Waals surface area contributed by atoms with Gasteiger partial charge in [0.25, 0.3) is 0 Å². The number of aliphatic hydroxyl groups excluding tert-OH is 1. The first-order valence-electron chi connectivity index (χ1n) is 4.39. The van der Waals surface area contributed by atoms with E-state index in [9.17, 15) is 5.11 Å². The molecule has 1 rings (SSSR count). The summed E-state index contributed by atoms with van der Waals surface area (Å²) in [5.41, 5.74) is 1.07. The topological polar surface area (TPSA) is 33.1 Å². The van der Waals surface area contributed by atoms with Gasteiger partial charge in [-0.25, -0.2) is 0 Å². The summed E-state index contributed by atoms with van der Waals surface area (Å²) in [4.78, 5) is 4.21. The van der Waals surface area contributed by atoms with E-state index in [-0.39, 0.29) is 11.4 Å². The lowest BCUT2D eigenvalue weighted by Gasteiger charge is -2.13. The average Bonchev–Trinajstić information content (AvgIpc) is 2.15. The molecule has 1 aromatic rings. The Morgan fingerprint density at radius 3 is 2.77 bits per heavy atom. The van der Waals surface area contributed by atoms with E-state index in [1.807, 2.05) is 32.0 Å². The molecule has 1 heterocycles. The minimum absolute atomic E-state index is 0.256. The Morgan fingerprint density at radius 2 is 2.23 bits per heavy atom. The van der Waals surface area contributed by atoms with Gasteiger partial charge in [-0.15, -0.1) is 11.8 Å². The van der Waals surface area contributed by atoms with Crippen LogP contribution in [0.15, 0.2) is 24.4 Å². The smallest absolute Gasteiger partial charge is 0.0628 e. The second kappa shape index (κ2) is 5.25. The zero-order chi connectivity index (χ0) is 9.68. The molecule has 0 bridgehead atoms. The summed E-state index contributed by atoms with van der Waals surface area (Å²) in [5.74, 6) is 0.868. The monoisotopic (exact) mass is 197 g/mol. The third kappa shape index (κ3) is 3.79. The van der Waals surface area contributed by atoms with Gasteiger partial charge in [-0.2, -0.15) is 0 Å². The zero-order valence-corrected chi connectivity index (χ0v) is 8.79. The molecule has 0 saturated carbocycles. The second-order valence-corrected chi connectivity index (χ2v) is 4.44. The highest BCUT2D eigenvalue weighted by Gasteiger charge is 2.08. The number of aliphatic hydroxyl groups is 1.